The van der Waals surface area contributed by atoms with Crippen LogP contribution < -0.4 is 9.80 Å². The molecule has 9 nitrogen and oxygen atoms in total. The maximum Gasteiger partial charge on any atom is 0.247 e. The summed E-state index contributed by atoms with van der Waals surface area (Å²) in [6.07, 6.45) is 4.22. The highest BCUT2D eigenvalue weighted by Gasteiger charge is 2.55. The number of hydrogen-bond acceptors (Lipinski definition) is 9. The molecule has 11 heteroatoms. The first-order valence-electron chi connectivity index (χ1n) is 12.6. The highest BCUT2D eigenvalue weighted by molar-refractivity contribution is 7.91. The third kappa shape index (κ3) is 3.36. The molecule has 7 rings (SSSR count). The number of rotatable bonds is 6. The molecule has 0 N–H and O–H groups in total. The Kier molecular flexibility index (Phi) is 5.23. The van der Waals surface area contributed by atoms with Crippen molar-refractivity contribution in [1.29, 1.82) is 0 Å². The van der Waals surface area contributed by atoms with Gasteiger partial charge in [-0.05, 0) is 54.7 Å². The van der Waals surface area contributed by atoms with Gasteiger partial charge in [-0.25, -0.2) is 9.37 Å². The quantitative estimate of drug-likeness (QED) is 0.365. The van der Waals surface area contributed by atoms with Gasteiger partial charge in [0.15, 0.2) is 5.82 Å². The zero-order chi connectivity index (χ0) is 24.4. The maximum atomic E-state index is 13.4. The number of ether oxygens (including phenoxy) is 1. The summed E-state index contributed by atoms with van der Waals surface area (Å²) in [4.78, 5) is 15.2. The van der Waals surface area contributed by atoms with E-state index in [1.165, 1.54) is 12.1 Å². The zero-order valence-corrected chi connectivity index (χ0v) is 20.8. The average molecular weight is 511 g/mol. The Morgan fingerprint density at radius 2 is 2.06 bits per heavy atom. The van der Waals surface area contributed by atoms with Crippen LogP contribution in [0.4, 0.5) is 16.2 Å². The lowest BCUT2D eigenvalue weighted by atomic mass is 9.80. The number of fused-ring (bicyclic) bond motifs is 2. The van der Waals surface area contributed by atoms with Crippen LogP contribution in [-0.4, -0.2) is 62.3 Å². The predicted octanol–water partition coefficient (Wildman–Crippen LogP) is 3.21. The van der Waals surface area contributed by atoms with Gasteiger partial charge in [-0.2, -0.15) is 4.98 Å². The Morgan fingerprint density at radius 1 is 1.19 bits per heavy atom. The van der Waals surface area contributed by atoms with E-state index in [1.807, 2.05) is 0 Å². The smallest absolute Gasteiger partial charge is 0.247 e. The van der Waals surface area contributed by atoms with E-state index >= 15 is 0 Å². The van der Waals surface area contributed by atoms with E-state index < -0.39 is 16.7 Å². The molecule has 4 aliphatic heterocycles. The van der Waals surface area contributed by atoms with Gasteiger partial charge >= 0.3 is 0 Å². The van der Waals surface area contributed by atoms with Crippen LogP contribution in [0.2, 0.25) is 0 Å². The minimum atomic E-state index is -1.08. The topological polar surface area (TPSA) is 103 Å². The summed E-state index contributed by atoms with van der Waals surface area (Å²) in [5, 5.41) is 8.71. The van der Waals surface area contributed by atoms with Crippen molar-refractivity contribution in [3.8, 4) is 11.5 Å². The lowest BCUT2D eigenvalue weighted by Gasteiger charge is -2.50. The first-order chi connectivity index (χ1) is 17.6. The number of aryl methyl sites for hydroxylation is 1. The molecule has 0 saturated carbocycles. The molecule has 3 aromatic rings. The van der Waals surface area contributed by atoms with Crippen molar-refractivity contribution in [2.24, 2.45) is 0 Å². The molecule has 0 spiro atoms. The van der Waals surface area contributed by atoms with Crippen LogP contribution >= 0.6 is 0 Å². The normalized spacial score (nSPS) is 28.6. The van der Waals surface area contributed by atoms with E-state index in [1.54, 1.807) is 12.1 Å². The first-order valence-corrected chi connectivity index (χ1v) is 13.9. The average Bonchev–Trinajstić information content (AvgIpc) is 3.16. The minimum Gasteiger partial charge on any atom is -0.611 e. The first kappa shape index (κ1) is 22.4. The van der Waals surface area contributed by atoms with Crippen LogP contribution in [0, 0.1) is 5.82 Å². The van der Waals surface area contributed by atoms with E-state index in [0.29, 0.717) is 54.2 Å². The molecule has 0 bridgehead atoms. The summed E-state index contributed by atoms with van der Waals surface area (Å²) in [6, 6.07) is 6.75. The molecule has 4 unspecified atom stereocenters. The van der Waals surface area contributed by atoms with Gasteiger partial charge in [-0.3, -0.25) is 0 Å². The van der Waals surface area contributed by atoms with Crippen LogP contribution in [0.15, 0.2) is 33.6 Å². The highest BCUT2D eigenvalue weighted by Crippen LogP contribution is 2.49. The summed E-state index contributed by atoms with van der Waals surface area (Å²) in [7, 11) is 0. The number of aromatic nitrogens is 4. The van der Waals surface area contributed by atoms with Crippen molar-refractivity contribution in [3.05, 3.63) is 41.7 Å². The Labute approximate surface area is 211 Å². The molecule has 4 aliphatic rings. The van der Waals surface area contributed by atoms with Crippen molar-refractivity contribution in [3.63, 3.8) is 0 Å². The van der Waals surface area contributed by atoms with Crippen LogP contribution in [0.1, 0.15) is 44.2 Å². The van der Waals surface area contributed by atoms with Gasteiger partial charge in [-0.15, -0.1) is 10.2 Å². The molecular formula is C25H27FN6O3S. The lowest BCUT2D eigenvalue weighted by Crippen LogP contribution is -2.58. The Bertz CT molecular complexity index is 1290. The van der Waals surface area contributed by atoms with Gasteiger partial charge in [-0.1, -0.05) is 13.3 Å². The van der Waals surface area contributed by atoms with E-state index in [-0.39, 0.29) is 5.82 Å². The number of hydrogen-bond donors (Lipinski definition) is 0. The number of nitrogens with zero attached hydrogens (tertiary/aromatic N) is 6. The predicted molar refractivity (Wildman–Crippen MR) is 131 cm³/mol. The second kappa shape index (κ2) is 8.39. The van der Waals surface area contributed by atoms with Gasteiger partial charge in [0.05, 0.1) is 18.7 Å². The Balaban J connectivity index is 1.26. The third-order valence-corrected chi connectivity index (χ3v) is 9.35. The molecule has 0 radical (unpaired) electrons. The molecule has 188 valence electrons. The Morgan fingerprint density at radius 3 is 2.78 bits per heavy atom. The second-order valence-electron chi connectivity index (χ2n) is 9.93. The number of benzene rings is 1. The summed E-state index contributed by atoms with van der Waals surface area (Å²) in [6.45, 7) is 4.34. The van der Waals surface area contributed by atoms with Crippen LogP contribution in [-0.2, 0) is 27.9 Å². The molecule has 6 heterocycles. The van der Waals surface area contributed by atoms with Crippen LogP contribution in [0.25, 0.3) is 11.5 Å². The van der Waals surface area contributed by atoms with Gasteiger partial charge in [0.2, 0.25) is 22.6 Å². The van der Waals surface area contributed by atoms with Crippen molar-refractivity contribution in [2.45, 2.75) is 61.5 Å². The Hall–Kier alpha value is -2.76. The molecule has 4 atom stereocenters. The van der Waals surface area contributed by atoms with E-state index in [9.17, 15) is 8.94 Å². The monoisotopic (exact) mass is 510 g/mol. The van der Waals surface area contributed by atoms with E-state index in [0.717, 1.165) is 55.2 Å². The molecule has 1 aromatic carbocycles. The molecule has 2 aromatic heterocycles. The van der Waals surface area contributed by atoms with Crippen molar-refractivity contribution >= 4 is 22.9 Å². The molecule has 0 amide bonds. The minimum absolute atomic E-state index is 0.300. The van der Waals surface area contributed by atoms with Gasteiger partial charge in [0.1, 0.15) is 22.8 Å². The van der Waals surface area contributed by atoms with Crippen LogP contribution in [0.5, 0.6) is 0 Å². The third-order valence-electron chi connectivity index (χ3n) is 7.90. The summed E-state index contributed by atoms with van der Waals surface area (Å²) >= 11 is -1.08. The number of halogens is 1. The largest absolute Gasteiger partial charge is 0.611 e. The van der Waals surface area contributed by atoms with Gasteiger partial charge < -0.3 is 23.5 Å². The maximum absolute atomic E-state index is 13.4. The fourth-order valence-corrected chi connectivity index (χ4v) is 7.30. The lowest BCUT2D eigenvalue weighted by molar-refractivity contribution is 0.114. The summed E-state index contributed by atoms with van der Waals surface area (Å²) < 4.78 is 38.2. The van der Waals surface area contributed by atoms with Gasteiger partial charge in [0, 0.05) is 25.1 Å². The van der Waals surface area contributed by atoms with Crippen molar-refractivity contribution in [1.82, 2.24) is 20.2 Å². The molecule has 3 saturated heterocycles. The zero-order valence-electron chi connectivity index (χ0n) is 20.0. The molecule has 36 heavy (non-hydrogen) atoms. The van der Waals surface area contributed by atoms with E-state index in [2.05, 4.69) is 26.9 Å². The molecule has 3 fully saturated rings. The van der Waals surface area contributed by atoms with Crippen molar-refractivity contribution < 1.29 is 18.1 Å². The standard InChI is InChI=1S/C25H27FN6O3S/c1-2-9-25(23-30-29-22(35-23)15-3-5-16(26)6-4-15)10-11-31(25)24-27-17-8-13-36(33)20(17)21(28-24)32-18-7-12-34-14-19(18)32/h3-6,18-19H,2,7-14H2,1H3. The van der Waals surface area contributed by atoms with Crippen LogP contribution in [0.3, 0.4) is 0 Å². The fourth-order valence-electron chi connectivity index (χ4n) is 5.95. The van der Waals surface area contributed by atoms with E-state index in [4.69, 9.17) is 19.1 Å². The molecular weight excluding hydrogens is 483 g/mol. The summed E-state index contributed by atoms with van der Waals surface area (Å²) in [5.74, 6) is 2.61. The number of anilines is 2. The highest BCUT2D eigenvalue weighted by atomic mass is 32.2. The van der Waals surface area contributed by atoms with Gasteiger partial charge in [0.25, 0.3) is 0 Å². The molecule has 0 aliphatic carbocycles. The fraction of sp³-hybridized carbons (Fsp3) is 0.520. The summed E-state index contributed by atoms with van der Waals surface area (Å²) in [5.41, 5.74) is 1.06. The second-order valence-corrected chi connectivity index (χ2v) is 11.4. The van der Waals surface area contributed by atoms with Crippen molar-refractivity contribution in [2.75, 3.05) is 35.3 Å². The SMILES string of the molecule is CCCC1(c2nnc(-c3ccc(F)cc3)o2)CCN1c1nc2c(c(N3C4CCOCC43)n1)[S+]([O-])CC2.